The van der Waals surface area contributed by atoms with Gasteiger partial charge in [-0.1, -0.05) is 11.2 Å². The van der Waals surface area contributed by atoms with Crippen LogP contribution < -0.4 is 10.9 Å². The molecule has 6 nitrogen and oxygen atoms in total. The molecular formula is C17H15F2N3O3. The van der Waals surface area contributed by atoms with Gasteiger partial charge in [0.15, 0.2) is 0 Å². The van der Waals surface area contributed by atoms with Crippen LogP contribution in [-0.4, -0.2) is 22.3 Å². The summed E-state index contributed by atoms with van der Waals surface area (Å²) in [5.41, 5.74) is -0.0227. The lowest BCUT2D eigenvalue weighted by molar-refractivity contribution is -0.125. The summed E-state index contributed by atoms with van der Waals surface area (Å²) >= 11 is 0. The molecule has 130 valence electrons. The molecule has 8 heteroatoms. The molecule has 1 aromatic carbocycles. The van der Waals surface area contributed by atoms with Crippen molar-refractivity contribution >= 4 is 17.3 Å². The van der Waals surface area contributed by atoms with Gasteiger partial charge in [-0.05, 0) is 25.1 Å². The van der Waals surface area contributed by atoms with Crippen LogP contribution in [0.25, 0.3) is 0 Å². The predicted molar refractivity (Wildman–Crippen MR) is 87.4 cm³/mol. The maximum absolute atomic E-state index is 13.8. The number of amides is 1. The number of nitrogens with one attached hydrogen (secondary N) is 1. The van der Waals surface area contributed by atoms with Gasteiger partial charge in [0.05, 0.1) is 17.0 Å². The lowest BCUT2D eigenvalue weighted by atomic mass is 10.0. The third kappa shape index (κ3) is 3.42. The highest BCUT2D eigenvalue weighted by molar-refractivity contribution is 6.06. The van der Waals surface area contributed by atoms with Crippen LogP contribution >= 0.6 is 0 Å². The van der Waals surface area contributed by atoms with Crippen LogP contribution in [0.4, 0.5) is 14.5 Å². The summed E-state index contributed by atoms with van der Waals surface area (Å²) in [6.45, 7) is 2.26. The predicted octanol–water partition coefficient (Wildman–Crippen LogP) is 2.28. The number of benzene rings is 1. The fraction of sp³-hybridized carbons (Fsp3) is 0.235. The molecule has 0 saturated heterocycles. The van der Waals surface area contributed by atoms with Gasteiger partial charge in [0.2, 0.25) is 6.10 Å². The fourth-order valence-electron chi connectivity index (χ4n) is 2.51. The van der Waals surface area contributed by atoms with Crippen molar-refractivity contribution in [1.29, 1.82) is 0 Å². The molecule has 3 rings (SSSR count). The van der Waals surface area contributed by atoms with Gasteiger partial charge in [0.25, 0.3) is 11.5 Å². The molecule has 1 atom stereocenters. The average Bonchev–Trinajstić information content (AvgIpc) is 3.06. The summed E-state index contributed by atoms with van der Waals surface area (Å²) in [5.74, 6) is -2.05. The first-order valence-electron chi connectivity index (χ1n) is 7.68. The number of nitrogens with zero attached hydrogens (tertiary/aromatic N) is 2. The van der Waals surface area contributed by atoms with E-state index in [4.69, 9.17) is 4.84 Å². The highest BCUT2D eigenvalue weighted by Gasteiger charge is 2.31. The van der Waals surface area contributed by atoms with Crippen molar-refractivity contribution in [2.24, 2.45) is 5.16 Å². The van der Waals surface area contributed by atoms with Crippen LogP contribution in [0.5, 0.6) is 0 Å². The second-order valence-electron chi connectivity index (χ2n) is 5.46. The minimum Gasteiger partial charge on any atom is -0.382 e. The van der Waals surface area contributed by atoms with Gasteiger partial charge in [-0.25, -0.2) is 8.78 Å². The summed E-state index contributed by atoms with van der Waals surface area (Å²) in [6, 6.07) is 6.28. The molecule has 0 fully saturated rings. The molecule has 0 radical (unpaired) electrons. The molecule has 0 bridgehead atoms. The van der Waals surface area contributed by atoms with Crippen LogP contribution in [0.1, 0.15) is 18.9 Å². The third-order valence-electron chi connectivity index (χ3n) is 3.80. The molecule has 25 heavy (non-hydrogen) atoms. The van der Waals surface area contributed by atoms with Crippen LogP contribution in [0, 0.1) is 11.6 Å². The first kappa shape index (κ1) is 16.8. The van der Waals surface area contributed by atoms with E-state index in [2.05, 4.69) is 10.5 Å². The number of anilines is 1. The number of pyridine rings is 1. The van der Waals surface area contributed by atoms with Gasteiger partial charge >= 0.3 is 0 Å². The van der Waals surface area contributed by atoms with E-state index in [9.17, 15) is 18.4 Å². The average molecular weight is 347 g/mol. The summed E-state index contributed by atoms with van der Waals surface area (Å²) in [4.78, 5) is 28.8. The first-order valence-corrected chi connectivity index (χ1v) is 7.68. The lowest BCUT2D eigenvalue weighted by Gasteiger charge is -2.11. The molecule has 2 aromatic rings. The summed E-state index contributed by atoms with van der Waals surface area (Å²) < 4.78 is 29.0. The molecule has 2 heterocycles. The van der Waals surface area contributed by atoms with Gasteiger partial charge < -0.3 is 14.7 Å². The van der Waals surface area contributed by atoms with Crippen molar-refractivity contribution < 1.29 is 18.4 Å². The van der Waals surface area contributed by atoms with Crippen LogP contribution in [0.2, 0.25) is 0 Å². The van der Waals surface area contributed by atoms with Crippen molar-refractivity contribution in [1.82, 2.24) is 4.57 Å². The zero-order chi connectivity index (χ0) is 18.0. The van der Waals surface area contributed by atoms with E-state index in [0.29, 0.717) is 12.2 Å². The normalized spacial score (nSPS) is 16.3. The van der Waals surface area contributed by atoms with Crippen molar-refractivity contribution in [2.75, 3.05) is 5.32 Å². The standard InChI is InChI=1S/C17H15F2N3O3/c1-2-22-9-10(6-7-15(22)23)20-17(24)14-8-13(21-25-14)16-11(18)4-3-5-12(16)19/h3-7,9,14H,2,8H2,1H3,(H,20,24)/t14-/m0/s1. The molecule has 0 unspecified atom stereocenters. The second kappa shape index (κ2) is 6.84. The Morgan fingerprint density at radius 1 is 1.32 bits per heavy atom. The number of aromatic nitrogens is 1. The quantitative estimate of drug-likeness (QED) is 0.922. The fourth-order valence-corrected chi connectivity index (χ4v) is 2.51. The molecule has 1 aliphatic rings. The Morgan fingerprint density at radius 3 is 2.72 bits per heavy atom. The summed E-state index contributed by atoms with van der Waals surface area (Å²) in [6.07, 6.45) is 0.445. The number of carbonyl (C=O) groups excluding carboxylic acids is 1. The van der Waals surface area contributed by atoms with Crippen LogP contribution in [0.3, 0.4) is 0 Å². The molecule has 0 spiro atoms. The summed E-state index contributed by atoms with van der Waals surface area (Å²) in [5, 5.41) is 6.24. The third-order valence-corrected chi connectivity index (χ3v) is 3.80. The zero-order valence-corrected chi connectivity index (χ0v) is 13.3. The highest BCUT2D eigenvalue weighted by Crippen LogP contribution is 2.22. The Kier molecular flexibility index (Phi) is 4.60. The van der Waals surface area contributed by atoms with Crippen molar-refractivity contribution in [3.63, 3.8) is 0 Å². The monoisotopic (exact) mass is 347 g/mol. The van der Waals surface area contributed by atoms with E-state index >= 15 is 0 Å². The minimum absolute atomic E-state index is 0.0364. The van der Waals surface area contributed by atoms with Gasteiger partial charge in [0.1, 0.15) is 11.6 Å². The Balaban J connectivity index is 1.71. The van der Waals surface area contributed by atoms with Crippen molar-refractivity contribution in [3.8, 4) is 0 Å². The maximum atomic E-state index is 13.8. The van der Waals surface area contributed by atoms with Crippen LogP contribution in [-0.2, 0) is 16.2 Å². The number of carbonyl (C=O) groups is 1. The van der Waals surface area contributed by atoms with Gasteiger partial charge in [0, 0.05) is 25.2 Å². The maximum Gasteiger partial charge on any atom is 0.268 e. The number of hydrogen-bond donors (Lipinski definition) is 1. The minimum atomic E-state index is -1.00. The smallest absolute Gasteiger partial charge is 0.268 e. The van der Waals surface area contributed by atoms with Gasteiger partial charge in [-0.15, -0.1) is 0 Å². The first-order chi connectivity index (χ1) is 12.0. The van der Waals surface area contributed by atoms with Gasteiger partial charge in [-0.2, -0.15) is 0 Å². The molecule has 1 amide bonds. The Hall–Kier alpha value is -3.03. The SMILES string of the molecule is CCn1cc(NC(=O)[C@@H]2CC(c3c(F)cccc3F)=NO2)ccc1=O. The van der Waals surface area contributed by atoms with E-state index in [1.165, 1.54) is 29.0 Å². The topological polar surface area (TPSA) is 72.7 Å². The van der Waals surface area contributed by atoms with Crippen LogP contribution in [0.15, 0.2) is 46.5 Å². The zero-order valence-electron chi connectivity index (χ0n) is 13.3. The number of aryl methyl sites for hydroxylation is 1. The van der Waals surface area contributed by atoms with E-state index in [1.807, 2.05) is 0 Å². The molecule has 1 aliphatic heterocycles. The van der Waals surface area contributed by atoms with Gasteiger partial charge in [-0.3, -0.25) is 9.59 Å². The van der Waals surface area contributed by atoms with E-state index in [1.54, 1.807) is 6.92 Å². The van der Waals surface area contributed by atoms with E-state index in [-0.39, 0.29) is 23.3 Å². The Bertz CT molecular complexity index is 888. The summed E-state index contributed by atoms with van der Waals surface area (Å²) in [7, 11) is 0. The largest absolute Gasteiger partial charge is 0.382 e. The molecule has 1 aromatic heterocycles. The molecular weight excluding hydrogens is 332 g/mol. The lowest BCUT2D eigenvalue weighted by Crippen LogP contribution is -2.29. The number of halogens is 2. The Morgan fingerprint density at radius 2 is 2.04 bits per heavy atom. The van der Waals surface area contributed by atoms with Crippen molar-refractivity contribution in [2.45, 2.75) is 26.0 Å². The number of oxime groups is 1. The van der Waals surface area contributed by atoms with E-state index < -0.39 is 23.6 Å². The number of rotatable bonds is 4. The highest BCUT2D eigenvalue weighted by atomic mass is 19.1. The number of hydrogen-bond acceptors (Lipinski definition) is 4. The molecule has 0 aliphatic carbocycles. The Labute approximate surface area is 141 Å². The van der Waals surface area contributed by atoms with E-state index in [0.717, 1.165) is 12.1 Å². The molecule has 1 N–H and O–H groups in total. The van der Waals surface area contributed by atoms with Crippen molar-refractivity contribution in [3.05, 3.63) is 64.1 Å². The molecule has 0 saturated carbocycles. The second-order valence-corrected chi connectivity index (χ2v) is 5.46.